The van der Waals surface area contributed by atoms with Gasteiger partial charge in [0.25, 0.3) is 0 Å². The highest BCUT2D eigenvalue weighted by atomic mass is 16.5. The van der Waals surface area contributed by atoms with E-state index in [1.165, 1.54) is 0 Å². The van der Waals surface area contributed by atoms with Crippen molar-refractivity contribution in [2.75, 3.05) is 6.61 Å². The van der Waals surface area contributed by atoms with E-state index in [1.54, 1.807) is 0 Å². The Morgan fingerprint density at radius 1 is 1.29 bits per heavy atom. The van der Waals surface area contributed by atoms with Gasteiger partial charge in [0, 0.05) is 5.56 Å². The lowest BCUT2D eigenvalue weighted by Gasteiger charge is -2.12. The van der Waals surface area contributed by atoms with Crippen LogP contribution in [0.5, 0.6) is 5.75 Å². The summed E-state index contributed by atoms with van der Waals surface area (Å²) in [7, 11) is 0. The van der Waals surface area contributed by atoms with Crippen molar-refractivity contribution >= 4 is 0 Å². The van der Waals surface area contributed by atoms with Crippen molar-refractivity contribution in [3.8, 4) is 17.1 Å². The highest BCUT2D eigenvalue weighted by molar-refractivity contribution is 5.61. The Kier molecular flexibility index (Phi) is 4.96. The molecule has 0 saturated heterocycles. The predicted molar refractivity (Wildman–Crippen MR) is 82.2 cm³/mol. The summed E-state index contributed by atoms with van der Waals surface area (Å²) >= 11 is 0. The van der Waals surface area contributed by atoms with Crippen molar-refractivity contribution in [1.29, 1.82) is 0 Å². The van der Waals surface area contributed by atoms with Crippen LogP contribution in [0, 0.1) is 13.8 Å². The summed E-state index contributed by atoms with van der Waals surface area (Å²) in [5, 5.41) is 3.99. The van der Waals surface area contributed by atoms with E-state index < -0.39 is 0 Å². The molecule has 0 aliphatic rings. The molecule has 1 aromatic heterocycles. The highest BCUT2D eigenvalue weighted by Crippen LogP contribution is 2.29. The fourth-order valence-electron chi connectivity index (χ4n) is 2.16. The standard InChI is InChI=1S/C16H23N3O2/c1-5-6-7-20-14-10(2)8-13(9-11(14)3)15-18-16(12(4)17)21-19-15/h8-9,12H,5-7,17H2,1-4H3/t12-/m0/s1. The van der Waals surface area contributed by atoms with Crippen LogP contribution >= 0.6 is 0 Å². The summed E-state index contributed by atoms with van der Waals surface area (Å²) in [5.41, 5.74) is 8.81. The van der Waals surface area contributed by atoms with Gasteiger partial charge in [-0.25, -0.2) is 0 Å². The molecule has 5 heteroatoms. The van der Waals surface area contributed by atoms with Crippen molar-refractivity contribution < 1.29 is 9.26 Å². The number of nitrogens with two attached hydrogens (primary N) is 1. The summed E-state index contributed by atoms with van der Waals surface area (Å²) in [6.45, 7) is 8.78. The topological polar surface area (TPSA) is 74.2 Å². The van der Waals surface area contributed by atoms with E-state index >= 15 is 0 Å². The normalized spacial score (nSPS) is 12.4. The van der Waals surface area contributed by atoms with Gasteiger partial charge in [-0.2, -0.15) is 4.98 Å². The summed E-state index contributed by atoms with van der Waals surface area (Å²) in [4.78, 5) is 4.32. The maximum absolute atomic E-state index is 5.86. The second-order valence-electron chi connectivity index (χ2n) is 5.39. The summed E-state index contributed by atoms with van der Waals surface area (Å²) in [6.07, 6.45) is 2.18. The Labute approximate surface area is 125 Å². The van der Waals surface area contributed by atoms with Crippen LogP contribution in [0.25, 0.3) is 11.4 Å². The molecule has 0 spiro atoms. The van der Waals surface area contributed by atoms with Crippen molar-refractivity contribution in [3.63, 3.8) is 0 Å². The molecule has 1 aromatic carbocycles. The molecular weight excluding hydrogens is 266 g/mol. The number of hydrogen-bond donors (Lipinski definition) is 1. The van der Waals surface area contributed by atoms with Gasteiger partial charge in [0.1, 0.15) is 5.75 Å². The Bertz CT molecular complexity index is 582. The fraction of sp³-hybridized carbons (Fsp3) is 0.500. The minimum atomic E-state index is -0.259. The number of rotatable bonds is 6. The number of nitrogens with zero attached hydrogens (tertiary/aromatic N) is 2. The van der Waals surface area contributed by atoms with Crippen LogP contribution in [-0.2, 0) is 0 Å². The van der Waals surface area contributed by atoms with Crippen LogP contribution < -0.4 is 10.5 Å². The van der Waals surface area contributed by atoms with E-state index in [-0.39, 0.29) is 6.04 Å². The second kappa shape index (κ2) is 6.72. The summed E-state index contributed by atoms with van der Waals surface area (Å²) < 4.78 is 11.0. The summed E-state index contributed by atoms with van der Waals surface area (Å²) in [6, 6.07) is 3.78. The van der Waals surface area contributed by atoms with Gasteiger partial charge in [-0.1, -0.05) is 18.5 Å². The molecule has 0 aliphatic heterocycles. The molecule has 0 saturated carbocycles. The van der Waals surface area contributed by atoms with Gasteiger partial charge >= 0.3 is 0 Å². The molecule has 0 fully saturated rings. The van der Waals surface area contributed by atoms with Gasteiger partial charge in [-0.15, -0.1) is 0 Å². The summed E-state index contributed by atoms with van der Waals surface area (Å²) in [5.74, 6) is 1.96. The van der Waals surface area contributed by atoms with E-state index in [0.29, 0.717) is 11.7 Å². The first-order valence-electron chi connectivity index (χ1n) is 7.36. The Balaban J connectivity index is 2.25. The van der Waals surface area contributed by atoms with Crippen LogP contribution in [0.4, 0.5) is 0 Å². The number of aromatic nitrogens is 2. The van der Waals surface area contributed by atoms with Crippen molar-refractivity contribution in [1.82, 2.24) is 10.1 Å². The van der Waals surface area contributed by atoms with Gasteiger partial charge in [0.2, 0.25) is 11.7 Å². The van der Waals surface area contributed by atoms with E-state index in [9.17, 15) is 0 Å². The van der Waals surface area contributed by atoms with E-state index in [1.807, 2.05) is 32.9 Å². The maximum atomic E-state index is 5.86. The molecule has 2 N–H and O–H groups in total. The molecule has 0 aliphatic carbocycles. The largest absolute Gasteiger partial charge is 0.493 e. The molecule has 2 rings (SSSR count). The monoisotopic (exact) mass is 289 g/mol. The van der Waals surface area contributed by atoms with Gasteiger partial charge < -0.3 is 15.0 Å². The first-order valence-corrected chi connectivity index (χ1v) is 7.36. The lowest BCUT2D eigenvalue weighted by atomic mass is 10.1. The Morgan fingerprint density at radius 2 is 1.95 bits per heavy atom. The van der Waals surface area contributed by atoms with Crippen molar-refractivity contribution in [3.05, 3.63) is 29.2 Å². The number of unbranched alkanes of at least 4 members (excludes halogenated alkanes) is 1. The first kappa shape index (κ1) is 15.5. The van der Waals surface area contributed by atoms with Crippen LogP contribution in [0.15, 0.2) is 16.7 Å². The zero-order valence-corrected chi connectivity index (χ0v) is 13.1. The van der Waals surface area contributed by atoms with Gasteiger partial charge in [-0.3, -0.25) is 0 Å². The lowest BCUT2D eigenvalue weighted by Crippen LogP contribution is -2.04. The van der Waals surface area contributed by atoms with E-state index in [0.717, 1.165) is 41.9 Å². The number of hydrogen-bond acceptors (Lipinski definition) is 5. The Hall–Kier alpha value is -1.88. The first-order chi connectivity index (χ1) is 10.0. The lowest BCUT2D eigenvalue weighted by molar-refractivity contribution is 0.305. The molecular formula is C16H23N3O2. The van der Waals surface area contributed by atoms with Crippen LogP contribution in [0.3, 0.4) is 0 Å². The minimum Gasteiger partial charge on any atom is -0.493 e. The SMILES string of the molecule is CCCCOc1c(C)cc(-c2noc([C@H](C)N)n2)cc1C. The van der Waals surface area contributed by atoms with Gasteiger partial charge in [-0.05, 0) is 50.5 Å². The minimum absolute atomic E-state index is 0.259. The molecule has 114 valence electrons. The molecule has 1 heterocycles. The third-order valence-electron chi connectivity index (χ3n) is 3.29. The molecule has 2 aromatic rings. The van der Waals surface area contributed by atoms with Crippen LogP contribution in [0.2, 0.25) is 0 Å². The molecule has 0 bridgehead atoms. The molecule has 0 amide bonds. The van der Waals surface area contributed by atoms with Crippen molar-refractivity contribution in [2.24, 2.45) is 5.73 Å². The molecule has 0 radical (unpaired) electrons. The van der Waals surface area contributed by atoms with Crippen LogP contribution in [-0.4, -0.2) is 16.7 Å². The van der Waals surface area contributed by atoms with E-state index in [2.05, 4.69) is 17.1 Å². The molecule has 0 unspecified atom stereocenters. The maximum Gasteiger partial charge on any atom is 0.243 e. The fourth-order valence-corrected chi connectivity index (χ4v) is 2.16. The molecule has 5 nitrogen and oxygen atoms in total. The second-order valence-corrected chi connectivity index (χ2v) is 5.39. The van der Waals surface area contributed by atoms with Crippen molar-refractivity contribution in [2.45, 2.75) is 46.6 Å². The van der Waals surface area contributed by atoms with Gasteiger partial charge in [0.15, 0.2) is 0 Å². The third kappa shape index (κ3) is 3.61. The number of benzene rings is 1. The molecule has 21 heavy (non-hydrogen) atoms. The zero-order chi connectivity index (χ0) is 15.4. The quantitative estimate of drug-likeness (QED) is 0.823. The number of ether oxygens (including phenoxy) is 1. The third-order valence-corrected chi connectivity index (χ3v) is 3.29. The van der Waals surface area contributed by atoms with Crippen LogP contribution in [0.1, 0.15) is 49.7 Å². The average molecular weight is 289 g/mol. The zero-order valence-electron chi connectivity index (χ0n) is 13.1. The Morgan fingerprint density at radius 3 is 2.48 bits per heavy atom. The van der Waals surface area contributed by atoms with E-state index in [4.69, 9.17) is 15.0 Å². The highest BCUT2D eigenvalue weighted by Gasteiger charge is 2.14. The predicted octanol–water partition coefficient (Wildman–Crippen LogP) is 3.55. The average Bonchev–Trinajstić information content (AvgIpc) is 2.91. The number of aryl methyl sites for hydroxylation is 2. The molecule has 1 atom stereocenters. The van der Waals surface area contributed by atoms with Gasteiger partial charge in [0.05, 0.1) is 12.6 Å². The smallest absolute Gasteiger partial charge is 0.243 e.